The summed E-state index contributed by atoms with van der Waals surface area (Å²) < 4.78 is 0. The lowest BCUT2D eigenvalue weighted by atomic mass is 9.54. The first-order chi connectivity index (χ1) is 15.3. The highest BCUT2D eigenvalue weighted by molar-refractivity contribution is 6.23. The first-order valence-electron chi connectivity index (χ1n) is 11.5. The molecule has 7 rings (SSSR count). The molecule has 2 amide bonds. The van der Waals surface area contributed by atoms with Crippen molar-refractivity contribution in [2.24, 2.45) is 11.8 Å². The third-order valence-electron chi connectivity index (χ3n) is 7.76. The molecule has 3 nitrogen and oxygen atoms in total. The zero-order valence-corrected chi connectivity index (χ0v) is 18.9. The van der Waals surface area contributed by atoms with Crippen molar-refractivity contribution in [3.8, 4) is 0 Å². The molecule has 4 atom stereocenters. The number of anilines is 1. The number of para-hydroxylation sites is 1. The van der Waals surface area contributed by atoms with Gasteiger partial charge in [0.15, 0.2) is 0 Å². The summed E-state index contributed by atoms with van der Waals surface area (Å²) in [6.07, 6.45) is 0. The lowest BCUT2D eigenvalue weighted by Gasteiger charge is -2.46. The average Bonchev–Trinajstić information content (AvgIpc) is 3.04. The Balaban J connectivity index is 1.58. The van der Waals surface area contributed by atoms with Crippen molar-refractivity contribution in [1.29, 1.82) is 0 Å². The summed E-state index contributed by atoms with van der Waals surface area (Å²) >= 11 is 0. The van der Waals surface area contributed by atoms with Gasteiger partial charge in [-0.2, -0.15) is 0 Å². The minimum Gasteiger partial charge on any atom is -0.274 e. The summed E-state index contributed by atoms with van der Waals surface area (Å²) in [5.74, 6) is -0.936. The van der Waals surface area contributed by atoms with Crippen molar-refractivity contribution in [3.05, 3.63) is 100 Å². The Morgan fingerprint density at radius 3 is 1.81 bits per heavy atom. The van der Waals surface area contributed by atoms with Crippen molar-refractivity contribution >= 4 is 17.5 Å². The van der Waals surface area contributed by atoms with Gasteiger partial charge in [0.05, 0.1) is 17.5 Å². The number of rotatable bonds is 1. The van der Waals surface area contributed by atoms with Crippen LogP contribution in [0.1, 0.15) is 66.0 Å². The quantitative estimate of drug-likeness (QED) is 0.474. The molecule has 2 bridgehead atoms. The molecular weight excluding hydrogens is 394 g/mol. The van der Waals surface area contributed by atoms with Gasteiger partial charge >= 0.3 is 0 Å². The molecular formula is C29H27NO2. The smallest absolute Gasteiger partial charge is 0.238 e. The first-order valence-corrected chi connectivity index (χ1v) is 11.5. The van der Waals surface area contributed by atoms with Crippen LogP contribution in [-0.4, -0.2) is 11.8 Å². The number of carbonyl (C=O) groups excluding carboxylic acids is 2. The zero-order valence-electron chi connectivity index (χ0n) is 18.9. The maximum absolute atomic E-state index is 13.9. The van der Waals surface area contributed by atoms with Gasteiger partial charge in [0.25, 0.3) is 0 Å². The molecule has 0 aromatic heterocycles. The van der Waals surface area contributed by atoms with Crippen molar-refractivity contribution in [2.45, 2.75) is 44.9 Å². The van der Waals surface area contributed by atoms with Crippen LogP contribution < -0.4 is 4.90 Å². The molecule has 0 unspecified atom stereocenters. The van der Waals surface area contributed by atoms with E-state index in [0.717, 1.165) is 11.3 Å². The first kappa shape index (κ1) is 19.5. The van der Waals surface area contributed by atoms with Crippen LogP contribution in [0.25, 0.3) is 0 Å². The van der Waals surface area contributed by atoms with Gasteiger partial charge < -0.3 is 0 Å². The number of benzene rings is 3. The molecule has 3 aliphatic carbocycles. The highest BCUT2D eigenvalue weighted by atomic mass is 16.2. The van der Waals surface area contributed by atoms with Gasteiger partial charge in [0.2, 0.25) is 11.8 Å². The molecule has 0 N–H and O–H groups in total. The van der Waals surface area contributed by atoms with Crippen molar-refractivity contribution < 1.29 is 9.59 Å². The Bertz CT molecular complexity index is 1300. The molecule has 0 saturated carbocycles. The lowest BCUT2D eigenvalue weighted by molar-refractivity contribution is -0.122. The van der Waals surface area contributed by atoms with E-state index in [4.69, 9.17) is 0 Å². The van der Waals surface area contributed by atoms with Gasteiger partial charge in [-0.1, -0.05) is 81.4 Å². The second kappa shape index (κ2) is 6.41. The monoisotopic (exact) mass is 421 g/mol. The number of nitrogens with zero attached hydrogens (tertiary/aromatic N) is 1. The standard InChI is InChI=1S/C29H27NO2/c1-16-9-5-8-12-22(16)30-27(31)25-23-18-10-6-7-11-19(18)24(26(25)28(30)32)21-15-17(29(2,3)4)13-14-20(21)23/h5-15,23-26H,1-4H3/t23-,24-,25+,26+/m1/s1. The van der Waals surface area contributed by atoms with Crippen LogP contribution in [0.3, 0.4) is 0 Å². The van der Waals surface area contributed by atoms with Crippen LogP contribution in [0.4, 0.5) is 5.69 Å². The molecule has 3 aromatic carbocycles. The van der Waals surface area contributed by atoms with E-state index in [0.29, 0.717) is 0 Å². The highest BCUT2D eigenvalue weighted by Gasteiger charge is 2.62. The fourth-order valence-electron chi connectivity index (χ4n) is 6.25. The van der Waals surface area contributed by atoms with Crippen LogP contribution in [0.15, 0.2) is 66.7 Å². The molecule has 3 heteroatoms. The second-order valence-corrected chi connectivity index (χ2v) is 10.5. The number of imide groups is 1. The fraction of sp³-hybridized carbons (Fsp3) is 0.310. The zero-order chi connectivity index (χ0) is 22.4. The van der Waals surface area contributed by atoms with E-state index >= 15 is 0 Å². The summed E-state index contributed by atoms with van der Waals surface area (Å²) in [5, 5.41) is 0. The van der Waals surface area contributed by atoms with Crippen molar-refractivity contribution in [2.75, 3.05) is 4.90 Å². The van der Waals surface area contributed by atoms with Gasteiger partial charge in [-0.3, -0.25) is 9.59 Å². The number of amides is 2. The minimum atomic E-state index is -0.343. The largest absolute Gasteiger partial charge is 0.274 e. The van der Waals surface area contributed by atoms with Gasteiger partial charge in [-0.25, -0.2) is 4.90 Å². The van der Waals surface area contributed by atoms with E-state index in [2.05, 4.69) is 63.2 Å². The molecule has 1 heterocycles. The number of aryl methyl sites for hydroxylation is 1. The van der Waals surface area contributed by atoms with Crippen LogP contribution >= 0.6 is 0 Å². The summed E-state index contributed by atoms with van der Waals surface area (Å²) in [4.78, 5) is 29.2. The van der Waals surface area contributed by atoms with Gasteiger partial charge in [-0.15, -0.1) is 0 Å². The number of hydrogen-bond acceptors (Lipinski definition) is 2. The Morgan fingerprint density at radius 2 is 1.22 bits per heavy atom. The van der Waals surface area contributed by atoms with Gasteiger partial charge in [0.1, 0.15) is 0 Å². The Morgan fingerprint density at radius 1 is 0.688 bits per heavy atom. The third-order valence-corrected chi connectivity index (χ3v) is 7.76. The Labute approximate surface area is 189 Å². The third kappa shape index (κ3) is 2.42. The van der Waals surface area contributed by atoms with Crippen molar-refractivity contribution in [1.82, 2.24) is 0 Å². The summed E-state index contributed by atoms with van der Waals surface area (Å²) in [6, 6.07) is 22.8. The predicted octanol–water partition coefficient (Wildman–Crippen LogP) is 5.69. The topological polar surface area (TPSA) is 37.4 Å². The van der Waals surface area contributed by atoms with Crippen LogP contribution in [0, 0.1) is 18.8 Å². The minimum absolute atomic E-state index is 0.0212. The maximum atomic E-state index is 13.9. The number of carbonyl (C=O) groups is 2. The van der Waals surface area contributed by atoms with E-state index in [1.54, 1.807) is 0 Å². The van der Waals surface area contributed by atoms with Gasteiger partial charge in [0, 0.05) is 11.8 Å². The summed E-state index contributed by atoms with van der Waals surface area (Å²) in [5.41, 5.74) is 7.83. The average molecular weight is 422 g/mol. The SMILES string of the molecule is Cc1ccccc1N1C(=O)[C@H]2[C@@H]3c4ccccc4[C@H](c4cc(C(C)(C)C)ccc43)[C@@H]2C1=O. The molecule has 0 radical (unpaired) electrons. The van der Waals surface area contributed by atoms with E-state index in [1.807, 2.05) is 31.2 Å². The molecule has 32 heavy (non-hydrogen) atoms. The predicted molar refractivity (Wildman–Crippen MR) is 126 cm³/mol. The maximum Gasteiger partial charge on any atom is 0.238 e. The molecule has 0 spiro atoms. The van der Waals surface area contributed by atoms with E-state index in [-0.39, 0.29) is 40.9 Å². The highest BCUT2D eigenvalue weighted by Crippen LogP contribution is 2.61. The van der Waals surface area contributed by atoms with E-state index in [9.17, 15) is 9.59 Å². The molecule has 1 aliphatic heterocycles. The Kier molecular flexibility index (Phi) is 3.90. The van der Waals surface area contributed by atoms with Crippen molar-refractivity contribution in [3.63, 3.8) is 0 Å². The summed E-state index contributed by atoms with van der Waals surface area (Å²) in [6.45, 7) is 8.62. The second-order valence-electron chi connectivity index (χ2n) is 10.5. The molecule has 4 aliphatic rings. The molecule has 160 valence electrons. The Hall–Kier alpha value is -3.20. The number of hydrogen-bond donors (Lipinski definition) is 0. The van der Waals surface area contributed by atoms with Crippen LogP contribution in [0.2, 0.25) is 0 Å². The van der Waals surface area contributed by atoms with E-state index < -0.39 is 0 Å². The fourth-order valence-corrected chi connectivity index (χ4v) is 6.25. The normalized spacial score (nSPS) is 25.6. The lowest BCUT2D eigenvalue weighted by Crippen LogP contribution is -2.41. The van der Waals surface area contributed by atoms with E-state index in [1.165, 1.54) is 32.7 Å². The van der Waals surface area contributed by atoms with Gasteiger partial charge in [-0.05, 0) is 51.8 Å². The molecule has 3 aromatic rings. The van der Waals surface area contributed by atoms with Crippen LogP contribution in [-0.2, 0) is 15.0 Å². The van der Waals surface area contributed by atoms with Crippen LogP contribution in [0.5, 0.6) is 0 Å². The molecule has 1 fully saturated rings. The molecule has 1 saturated heterocycles. The summed E-state index contributed by atoms with van der Waals surface area (Å²) in [7, 11) is 0.